The number of hydrogen-bond acceptors (Lipinski definition) is 5. The summed E-state index contributed by atoms with van der Waals surface area (Å²) < 4.78 is 6.52. The van der Waals surface area contributed by atoms with Crippen LogP contribution in [0.2, 0.25) is 0 Å². The summed E-state index contributed by atoms with van der Waals surface area (Å²) in [6.45, 7) is 2.36. The number of para-hydroxylation sites is 1. The smallest absolute Gasteiger partial charge is 0.251 e. The largest absolute Gasteiger partial charge is 0.492 e. The minimum absolute atomic E-state index is 0.0214. The maximum absolute atomic E-state index is 12.5. The maximum atomic E-state index is 12.5. The van der Waals surface area contributed by atoms with E-state index in [0.717, 1.165) is 26.5 Å². The Morgan fingerprint density at radius 2 is 1.80 bits per heavy atom. The van der Waals surface area contributed by atoms with Crippen molar-refractivity contribution in [2.45, 2.75) is 6.92 Å². The van der Waals surface area contributed by atoms with Gasteiger partial charge in [0.1, 0.15) is 17.4 Å². The van der Waals surface area contributed by atoms with Gasteiger partial charge in [0.2, 0.25) is 0 Å². The number of hydrogen-bond donors (Lipinski definition) is 1. The minimum atomic E-state index is -0.151. The molecule has 150 valence electrons. The van der Waals surface area contributed by atoms with Gasteiger partial charge in [0, 0.05) is 16.7 Å². The molecule has 0 aliphatic rings. The molecule has 1 aromatic heterocycles. The molecule has 4 aromatic rings. The number of ketones is 1. The number of nitrogens with zero attached hydrogens (tertiary/aromatic N) is 1. The van der Waals surface area contributed by atoms with Crippen LogP contribution >= 0.6 is 11.3 Å². The summed E-state index contributed by atoms with van der Waals surface area (Å²) in [4.78, 5) is 28.8. The second-order valence-corrected chi connectivity index (χ2v) is 7.79. The van der Waals surface area contributed by atoms with Crippen LogP contribution in [-0.2, 0) is 0 Å². The molecule has 5 nitrogen and oxygen atoms in total. The SMILES string of the molecule is CC(=O)c1cccc(-c2nc3ccc(C(=O)NCCOc4ccccc4)cc3s2)c1. The molecule has 0 spiro atoms. The zero-order valence-corrected chi connectivity index (χ0v) is 17.2. The molecule has 0 radical (unpaired) electrons. The Labute approximate surface area is 178 Å². The van der Waals surface area contributed by atoms with Crippen molar-refractivity contribution in [1.29, 1.82) is 0 Å². The van der Waals surface area contributed by atoms with Crippen LogP contribution in [0.15, 0.2) is 72.8 Å². The third-order valence-electron chi connectivity index (χ3n) is 4.57. The molecule has 1 N–H and O–H groups in total. The first-order chi connectivity index (χ1) is 14.6. The first-order valence-corrected chi connectivity index (χ1v) is 10.4. The van der Waals surface area contributed by atoms with E-state index in [0.29, 0.717) is 24.3 Å². The van der Waals surface area contributed by atoms with Gasteiger partial charge in [-0.1, -0.05) is 36.4 Å². The van der Waals surface area contributed by atoms with Crippen LogP contribution < -0.4 is 10.1 Å². The van der Waals surface area contributed by atoms with E-state index in [1.54, 1.807) is 19.1 Å². The zero-order valence-electron chi connectivity index (χ0n) is 16.4. The molecule has 0 saturated heterocycles. The molecule has 30 heavy (non-hydrogen) atoms. The number of thiazole rings is 1. The van der Waals surface area contributed by atoms with Gasteiger partial charge in [-0.15, -0.1) is 11.3 Å². The fourth-order valence-corrected chi connectivity index (χ4v) is 4.01. The Hall–Kier alpha value is -3.51. The minimum Gasteiger partial charge on any atom is -0.492 e. The number of carbonyl (C=O) groups is 2. The van der Waals surface area contributed by atoms with E-state index in [2.05, 4.69) is 10.3 Å². The topological polar surface area (TPSA) is 68.3 Å². The highest BCUT2D eigenvalue weighted by atomic mass is 32.1. The average Bonchev–Trinajstić information content (AvgIpc) is 3.21. The van der Waals surface area contributed by atoms with Gasteiger partial charge >= 0.3 is 0 Å². The quantitative estimate of drug-likeness (QED) is 0.341. The van der Waals surface area contributed by atoms with Crippen molar-refractivity contribution in [3.05, 3.63) is 83.9 Å². The molecule has 6 heteroatoms. The Morgan fingerprint density at radius 1 is 0.967 bits per heavy atom. The summed E-state index contributed by atoms with van der Waals surface area (Å²) in [5, 5.41) is 3.70. The molecule has 0 aliphatic heterocycles. The van der Waals surface area contributed by atoms with E-state index in [4.69, 9.17) is 4.74 Å². The van der Waals surface area contributed by atoms with Crippen molar-refractivity contribution in [3.63, 3.8) is 0 Å². The lowest BCUT2D eigenvalue weighted by atomic mass is 10.1. The van der Waals surface area contributed by atoms with E-state index in [1.807, 2.05) is 60.7 Å². The molecule has 1 amide bonds. The fourth-order valence-electron chi connectivity index (χ4n) is 3.01. The van der Waals surface area contributed by atoms with Crippen molar-refractivity contribution >= 4 is 33.2 Å². The Morgan fingerprint density at radius 3 is 2.60 bits per heavy atom. The predicted molar refractivity (Wildman–Crippen MR) is 119 cm³/mol. The van der Waals surface area contributed by atoms with Crippen LogP contribution in [0, 0.1) is 0 Å². The van der Waals surface area contributed by atoms with Crippen LogP contribution in [0.3, 0.4) is 0 Å². The standard InChI is InChI=1S/C24H20N2O3S/c1-16(27)17-6-5-7-19(14-17)24-26-21-11-10-18(15-22(21)30-24)23(28)25-12-13-29-20-8-3-2-4-9-20/h2-11,14-15H,12-13H2,1H3,(H,25,28). The second-order valence-electron chi connectivity index (χ2n) is 6.76. The molecule has 0 atom stereocenters. The van der Waals surface area contributed by atoms with Crippen molar-refractivity contribution in [2.75, 3.05) is 13.2 Å². The summed E-state index contributed by atoms with van der Waals surface area (Å²) in [6, 6.07) is 22.4. The summed E-state index contributed by atoms with van der Waals surface area (Å²) in [5.41, 5.74) is 2.96. The summed E-state index contributed by atoms with van der Waals surface area (Å²) >= 11 is 1.50. The Kier molecular flexibility index (Phi) is 5.86. The van der Waals surface area contributed by atoms with Crippen molar-refractivity contribution in [2.24, 2.45) is 0 Å². The van der Waals surface area contributed by atoms with Gasteiger partial charge in [0.15, 0.2) is 5.78 Å². The molecule has 0 fully saturated rings. The van der Waals surface area contributed by atoms with Crippen LogP contribution in [0.25, 0.3) is 20.8 Å². The number of aromatic nitrogens is 1. The Bertz CT molecular complexity index is 1200. The van der Waals surface area contributed by atoms with E-state index >= 15 is 0 Å². The van der Waals surface area contributed by atoms with Crippen molar-refractivity contribution in [3.8, 4) is 16.3 Å². The normalized spacial score (nSPS) is 10.7. The number of nitrogens with one attached hydrogen (secondary N) is 1. The van der Waals surface area contributed by atoms with Gasteiger partial charge in [-0.25, -0.2) is 4.98 Å². The number of Topliss-reactive ketones (excluding diaryl/α,β-unsaturated/α-hetero) is 1. The monoisotopic (exact) mass is 416 g/mol. The molecule has 4 rings (SSSR count). The number of carbonyl (C=O) groups excluding carboxylic acids is 2. The third-order valence-corrected chi connectivity index (χ3v) is 5.63. The van der Waals surface area contributed by atoms with Gasteiger partial charge in [-0.2, -0.15) is 0 Å². The highest BCUT2D eigenvalue weighted by Crippen LogP contribution is 2.31. The molecule has 0 saturated carbocycles. The van der Waals surface area contributed by atoms with E-state index in [-0.39, 0.29) is 11.7 Å². The second kappa shape index (κ2) is 8.88. The van der Waals surface area contributed by atoms with E-state index < -0.39 is 0 Å². The van der Waals surface area contributed by atoms with Crippen LogP contribution in [-0.4, -0.2) is 29.8 Å². The molecule has 0 bridgehead atoms. The van der Waals surface area contributed by atoms with Gasteiger partial charge in [-0.3, -0.25) is 9.59 Å². The zero-order chi connectivity index (χ0) is 20.9. The molecule has 3 aromatic carbocycles. The maximum Gasteiger partial charge on any atom is 0.251 e. The van der Waals surface area contributed by atoms with Gasteiger partial charge in [0.25, 0.3) is 5.91 Å². The number of ether oxygens (including phenoxy) is 1. The number of fused-ring (bicyclic) bond motifs is 1. The molecule has 1 heterocycles. The molecular weight excluding hydrogens is 396 g/mol. The van der Waals surface area contributed by atoms with Crippen molar-refractivity contribution in [1.82, 2.24) is 10.3 Å². The van der Waals surface area contributed by atoms with Crippen LogP contribution in [0.1, 0.15) is 27.6 Å². The summed E-state index contributed by atoms with van der Waals surface area (Å²) in [7, 11) is 0. The van der Waals surface area contributed by atoms with Gasteiger partial charge in [-0.05, 0) is 43.3 Å². The van der Waals surface area contributed by atoms with Gasteiger partial charge < -0.3 is 10.1 Å². The van der Waals surface area contributed by atoms with E-state index in [9.17, 15) is 9.59 Å². The number of rotatable bonds is 7. The molecule has 0 unspecified atom stereocenters. The number of amides is 1. The lowest BCUT2D eigenvalue weighted by molar-refractivity contribution is 0.0946. The molecule has 0 aliphatic carbocycles. The van der Waals surface area contributed by atoms with Crippen LogP contribution in [0.5, 0.6) is 5.75 Å². The summed E-state index contributed by atoms with van der Waals surface area (Å²) in [5.74, 6) is 0.648. The van der Waals surface area contributed by atoms with Crippen molar-refractivity contribution < 1.29 is 14.3 Å². The lowest BCUT2D eigenvalue weighted by Crippen LogP contribution is -2.28. The first kappa shape index (κ1) is 19.8. The highest BCUT2D eigenvalue weighted by Gasteiger charge is 2.11. The van der Waals surface area contributed by atoms with Crippen LogP contribution in [0.4, 0.5) is 0 Å². The average molecular weight is 417 g/mol. The van der Waals surface area contributed by atoms with E-state index in [1.165, 1.54) is 11.3 Å². The fraction of sp³-hybridized carbons (Fsp3) is 0.125. The molecular formula is C24H20N2O3S. The first-order valence-electron chi connectivity index (χ1n) is 9.58. The predicted octanol–water partition coefficient (Wildman–Crippen LogP) is 4.97. The Balaban J connectivity index is 1.43. The van der Waals surface area contributed by atoms with Gasteiger partial charge in [0.05, 0.1) is 16.8 Å². The number of benzene rings is 3. The third kappa shape index (κ3) is 4.55. The highest BCUT2D eigenvalue weighted by molar-refractivity contribution is 7.21. The summed E-state index contributed by atoms with van der Waals surface area (Å²) in [6.07, 6.45) is 0. The lowest BCUT2D eigenvalue weighted by Gasteiger charge is -2.07.